The Labute approximate surface area is 117 Å². The fraction of sp³-hybridized carbons (Fsp3) is 0.417. The molecule has 0 saturated carbocycles. The van der Waals surface area contributed by atoms with Crippen LogP contribution < -0.4 is 10.5 Å². The Hall–Kier alpha value is -1.80. The Balaban J connectivity index is 2.68. The largest absolute Gasteiger partial charge is 0.504 e. The average Bonchev–Trinajstić information content (AvgIpc) is 2.33. The molecule has 0 saturated heterocycles. The topological polar surface area (TPSA) is 130 Å². The summed E-state index contributed by atoms with van der Waals surface area (Å²) < 4.78 is 24.8. The first-order valence-corrected chi connectivity index (χ1v) is 7.71. The fourth-order valence-electron chi connectivity index (χ4n) is 1.59. The third-order valence-corrected chi connectivity index (χ3v) is 4.02. The van der Waals surface area contributed by atoms with E-state index in [4.69, 9.17) is 10.8 Å². The third-order valence-electron chi connectivity index (χ3n) is 2.56. The molecule has 112 valence electrons. The predicted molar refractivity (Wildman–Crippen MR) is 73.7 cm³/mol. The maximum Gasteiger partial charge on any atom is 0.250 e. The van der Waals surface area contributed by atoms with Crippen LogP contribution in [-0.2, 0) is 21.2 Å². The molecule has 1 rings (SSSR count). The van der Waals surface area contributed by atoms with Gasteiger partial charge in [0.1, 0.15) is 0 Å². The molecule has 1 aromatic rings. The lowest BCUT2D eigenvalue weighted by Crippen LogP contribution is -2.45. The maximum absolute atomic E-state index is 11.7. The van der Waals surface area contributed by atoms with Crippen LogP contribution in [0.4, 0.5) is 0 Å². The summed E-state index contributed by atoms with van der Waals surface area (Å²) in [6.07, 6.45) is 0.436. The molecule has 1 atom stereocenters. The van der Waals surface area contributed by atoms with Crippen molar-refractivity contribution in [1.29, 1.82) is 0 Å². The first-order valence-electron chi connectivity index (χ1n) is 6.06. The highest BCUT2D eigenvalue weighted by Crippen LogP contribution is 2.25. The molecule has 0 spiro atoms. The normalized spacial score (nSPS) is 12.9. The minimum Gasteiger partial charge on any atom is -0.504 e. The first-order chi connectivity index (χ1) is 9.25. The smallest absolute Gasteiger partial charge is 0.250 e. The van der Waals surface area contributed by atoms with Crippen molar-refractivity contribution >= 4 is 15.9 Å². The number of carbonyl (C=O) groups is 1. The van der Waals surface area contributed by atoms with Gasteiger partial charge in [-0.15, -0.1) is 0 Å². The quantitative estimate of drug-likeness (QED) is 0.540. The number of amides is 1. The van der Waals surface area contributed by atoms with E-state index < -0.39 is 22.0 Å². The minimum absolute atomic E-state index is 0.0430. The second-order valence-electron chi connectivity index (χ2n) is 4.42. The molecule has 0 aliphatic heterocycles. The van der Waals surface area contributed by atoms with Gasteiger partial charge in [0, 0.05) is 0 Å². The van der Waals surface area contributed by atoms with Crippen molar-refractivity contribution in [3.63, 3.8) is 0 Å². The Kier molecular flexibility index (Phi) is 5.34. The number of hydrogen-bond donors (Lipinski definition) is 4. The zero-order chi connectivity index (χ0) is 15.3. The molecule has 0 heterocycles. The van der Waals surface area contributed by atoms with Gasteiger partial charge >= 0.3 is 0 Å². The summed E-state index contributed by atoms with van der Waals surface area (Å²) >= 11 is 0. The number of sulfonamides is 1. The number of aromatic hydroxyl groups is 2. The van der Waals surface area contributed by atoms with Crippen molar-refractivity contribution in [3.05, 3.63) is 23.8 Å². The SMILES string of the molecule is CCCS(=O)(=O)NC(=O)[C@@H](N)Cc1ccc(O)c(O)c1. The summed E-state index contributed by atoms with van der Waals surface area (Å²) in [5, 5.41) is 18.5. The second kappa shape index (κ2) is 6.58. The molecular formula is C12H18N2O5S. The molecule has 0 fully saturated rings. The van der Waals surface area contributed by atoms with Crippen LogP contribution >= 0.6 is 0 Å². The highest BCUT2D eigenvalue weighted by molar-refractivity contribution is 7.90. The number of hydrogen-bond acceptors (Lipinski definition) is 6. The Morgan fingerprint density at radius 1 is 1.35 bits per heavy atom. The van der Waals surface area contributed by atoms with Gasteiger partial charge in [0.15, 0.2) is 11.5 Å². The molecular weight excluding hydrogens is 284 g/mol. The molecule has 1 amide bonds. The van der Waals surface area contributed by atoms with E-state index >= 15 is 0 Å². The van der Waals surface area contributed by atoms with Gasteiger partial charge in [-0.25, -0.2) is 8.42 Å². The highest BCUT2D eigenvalue weighted by Gasteiger charge is 2.20. The summed E-state index contributed by atoms with van der Waals surface area (Å²) in [5.41, 5.74) is 6.13. The number of carbonyl (C=O) groups excluding carboxylic acids is 1. The number of benzene rings is 1. The Bertz CT molecular complexity index is 586. The highest BCUT2D eigenvalue weighted by atomic mass is 32.2. The molecule has 0 unspecified atom stereocenters. The molecule has 7 nitrogen and oxygen atoms in total. The van der Waals surface area contributed by atoms with Crippen LogP contribution in [0.1, 0.15) is 18.9 Å². The van der Waals surface area contributed by atoms with Gasteiger partial charge in [-0.2, -0.15) is 0 Å². The molecule has 20 heavy (non-hydrogen) atoms. The van der Waals surface area contributed by atoms with E-state index in [1.165, 1.54) is 18.2 Å². The lowest BCUT2D eigenvalue weighted by molar-refractivity contribution is -0.120. The van der Waals surface area contributed by atoms with Gasteiger partial charge < -0.3 is 15.9 Å². The molecule has 8 heteroatoms. The second-order valence-corrected chi connectivity index (χ2v) is 6.26. The van der Waals surface area contributed by atoms with Crippen LogP contribution in [0.5, 0.6) is 11.5 Å². The number of phenolic OH excluding ortho intramolecular Hbond substituents is 2. The number of rotatable bonds is 6. The van der Waals surface area contributed by atoms with Gasteiger partial charge in [-0.1, -0.05) is 13.0 Å². The Morgan fingerprint density at radius 2 is 2.00 bits per heavy atom. The van der Waals surface area contributed by atoms with Gasteiger partial charge in [0.05, 0.1) is 11.8 Å². The molecule has 0 bridgehead atoms. The van der Waals surface area contributed by atoms with Crippen molar-refractivity contribution in [2.24, 2.45) is 5.73 Å². The molecule has 0 radical (unpaired) electrons. The summed E-state index contributed by atoms with van der Waals surface area (Å²) in [7, 11) is -3.65. The third kappa shape index (κ3) is 4.71. The lowest BCUT2D eigenvalue weighted by Gasteiger charge is -2.12. The number of nitrogens with two attached hydrogens (primary N) is 1. The van der Waals surface area contributed by atoms with Gasteiger partial charge in [0.25, 0.3) is 5.91 Å². The van der Waals surface area contributed by atoms with E-state index in [1.54, 1.807) is 6.92 Å². The predicted octanol–water partition coefficient (Wildman–Crippen LogP) is -0.176. The first kappa shape index (κ1) is 16.3. The fourth-order valence-corrected chi connectivity index (χ4v) is 2.69. The molecule has 1 aromatic carbocycles. The van der Waals surface area contributed by atoms with E-state index in [9.17, 15) is 18.3 Å². The van der Waals surface area contributed by atoms with Gasteiger partial charge in [0.2, 0.25) is 10.0 Å². The number of nitrogens with one attached hydrogen (secondary N) is 1. The van der Waals surface area contributed by atoms with Crippen molar-refractivity contribution in [2.75, 3.05) is 5.75 Å². The average molecular weight is 302 g/mol. The van der Waals surface area contributed by atoms with Crippen molar-refractivity contribution in [2.45, 2.75) is 25.8 Å². The zero-order valence-corrected chi connectivity index (χ0v) is 11.9. The van der Waals surface area contributed by atoms with Crippen LogP contribution in [0.25, 0.3) is 0 Å². The van der Waals surface area contributed by atoms with Crippen molar-refractivity contribution in [3.8, 4) is 11.5 Å². The molecule has 5 N–H and O–H groups in total. The zero-order valence-electron chi connectivity index (χ0n) is 11.0. The lowest BCUT2D eigenvalue weighted by atomic mass is 10.1. The number of phenols is 2. The van der Waals surface area contributed by atoms with Crippen molar-refractivity contribution < 1.29 is 23.4 Å². The molecule has 0 aliphatic carbocycles. The van der Waals surface area contributed by atoms with Gasteiger partial charge in [-0.05, 0) is 30.5 Å². The Morgan fingerprint density at radius 3 is 2.55 bits per heavy atom. The maximum atomic E-state index is 11.7. The summed E-state index contributed by atoms with van der Waals surface area (Å²) in [4.78, 5) is 11.7. The van der Waals surface area contributed by atoms with Crippen LogP contribution in [0.3, 0.4) is 0 Å². The standard InChI is InChI=1S/C12H18N2O5S/c1-2-5-20(18,19)14-12(17)9(13)6-8-3-4-10(15)11(16)7-8/h3-4,7,9,15-16H,2,5-6,13H2,1H3,(H,14,17)/t9-/m0/s1. The van der Waals surface area contributed by atoms with Crippen LogP contribution in [0.2, 0.25) is 0 Å². The van der Waals surface area contributed by atoms with E-state index in [1.807, 2.05) is 4.72 Å². The van der Waals surface area contributed by atoms with E-state index in [-0.39, 0.29) is 23.7 Å². The van der Waals surface area contributed by atoms with E-state index in [0.717, 1.165) is 0 Å². The minimum atomic E-state index is -3.65. The molecule has 0 aromatic heterocycles. The summed E-state index contributed by atoms with van der Waals surface area (Å²) in [5.74, 6) is -1.55. The molecule has 0 aliphatic rings. The summed E-state index contributed by atoms with van der Waals surface area (Å²) in [6.45, 7) is 1.68. The van der Waals surface area contributed by atoms with Crippen LogP contribution in [-0.4, -0.2) is 36.3 Å². The van der Waals surface area contributed by atoms with Gasteiger partial charge in [-0.3, -0.25) is 9.52 Å². The summed E-state index contributed by atoms with van der Waals surface area (Å²) in [6, 6.07) is 2.96. The van der Waals surface area contributed by atoms with E-state index in [2.05, 4.69) is 0 Å². The van der Waals surface area contributed by atoms with Crippen LogP contribution in [0, 0.1) is 0 Å². The van der Waals surface area contributed by atoms with Crippen LogP contribution in [0.15, 0.2) is 18.2 Å². The van der Waals surface area contributed by atoms with Crippen molar-refractivity contribution in [1.82, 2.24) is 4.72 Å². The van der Waals surface area contributed by atoms with E-state index in [0.29, 0.717) is 12.0 Å². The monoisotopic (exact) mass is 302 g/mol.